The largest absolute Gasteiger partial charge is 0.350 e. The lowest BCUT2D eigenvalue weighted by Crippen LogP contribution is -2.43. The van der Waals surface area contributed by atoms with E-state index in [-0.39, 0.29) is 18.0 Å². The predicted molar refractivity (Wildman–Crippen MR) is 94.0 cm³/mol. The number of anilines is 1. The number of carbonyl (C=O) groups is 1. The summed E-state index contributed by atoms with van der Waals surface area (Å²) in [5.74, 6) is 0.407. The summed E-state index contributed by atoms with van der Waals surface area (Å²) in [6.07, 6.45) is 6.10. The third-order valence-electron chi connectivity index (χ3n) is 5.25. The smallest absolute Gasteiger partial charge is 0.255 e. The third-order valence-corrected chi connectivity index (χ3v) is 5.25. The van der Waals surface area contributed by atoms with E-state index in [1.807, 2.05) is 14.0 Å². The van der Waals surface area contributed by atoms with Crippen LogP contribution in [-0.2, 0) is 13.6 Å². The number of amides is 1. The van der Waals surface area contributed by atoms with Crippen LogP contribution in [0.25, 0.3) is 11.3 Å². The van der Waals surface area contributed by atoms with Gasteiger partial charge in [0.1, 0.15) is 0 Å². The maximum Gasteiger partial charge on any atom is 0.255 e. The van der Waals surface area contributed by atoms with Gasteiger partial charge in [-0.3, -0.25) is 9.48 Å². The summed E-state index contributed by atoms with van der Waals surface area (Å²) in [5, 5.41) is 10.5. The molecule has 0 aromatic carbocycles. The van der Waals surface area contributed by atoms with Crippen molar-refractivity contribution >= 4 is 11.9 Å². The molecule has 2 aromatic rings. The first-order valence-electron chi connectivity index (χ1n) is 8.75. The van der Waals surface area contributed by atoms with Gasteiger partial charge in [0.25, 0.3) is 5.91 Å². The van der Waals surface area contributed by atoms with Gasteiger partial charge in [0.05, 0.1) is 29.7 Å². The van der Waals surface area contributed by atoms with Crippen molar-refractivity contribution in [3.05, 3.63) is 23.1 Å². The van der Waals surface area contributed by atoms with E-state index in [9.17, 15) is 4.79 Å². The van der Waals surface area contributed by atoms with Crippen molar-refractivity contribution in [2.75, 3.05) is 5.32 Å². The number of aromatic nitrogens is 4. The van der Waals surface area contributed by atoms with E-state index in [0.29, 0.717) is 23.8 Å². The first kappa shape index (κ1) is 16.0. The van der Waals surface area contributed by atoms with Gasteiger partial charge in [-0.05, 0) is 19.8 Å². The van der Waals surface area contributed by atoms with Crippen LogP contribution in [0.5, 0.6) is 0 Å². The van der Waals surface area contributed by atoms with E-state index in [1.54, 1.807) is 10.9 Å². The van der Waals surface area contributed by atoms with E-state index in [2.05, 4.69) is 25.7 Å². The minimum absolute atomic E-state index is 0.105. The number of hydrogen-bond donors (Lipinski definition) is 3. The fourth-order valence-corrected chi connectivity index (χ4v) is 3.62. The first-order chi connectivity index (χ1) is 12.0. The Morgan fingerprint density at radius 1 is 1.32 bits per heavy atom. The molecule has 1 aliphatic heterocycles. The highest BCUT2D eigenvalue weighted by atomic mass is 16.1. The second-order valence-electron chi connectivity index (χ2n) is 6.87. The van der Waals surface area contributed by atoms with Gasteiger partial charge >= 0.3 is 0 Å². The van der Waals surface area contributed by atoms with Crippen molar-refractivity contribution in [1.82, 2.24) is 25.1 Å². The molecule has 1 amide bonds. The van der Waals surface area contributed by atoms with Gasteiger partial charge in [-0.1, -0.05) is 12.8 Å². The first-order valence-corrected chi connectivity index (χ1v) is 8.75. The number of rotatable bonds is 3. The normalized spacial score (nSPS) is 22.6. The Hall–Kier alpha value is -2.48. The Balaban J connectivity index is 1.76. The number of nitrogens with one attached hydrogen (secondary N) is 2. The van der Waals surface area contributed by atoms with E-state index in [4.69, 9.17) is 5.73 Å². The van der Waals surface area contributed by atoms with Crippen molar-refractivity contribution in [1.29, 1.82) is 0 Å². The molecule has 1 fully saturated rings. The Bertz CT molecular complexity index is 829. The van der Waals surface area contributed by atoms with Crippen molar-refractivity contribution in [2.45, 2.75) is 51.2 Å². The molecule has 0 spiro atoms. The zero-order valence-electron chi connectivity index (χ0n) is 14.5. The van der Waals surface area contributed by atoms with E-state index in [1.165, 1.54) is 6.42 Å². The Morgan fingerprint density at radius 2 is 2.12 bits per heavy atom. The minimum atomic E-state index is -0.130. The van der Waals surface area contributed by atoms with Crippen molar-refractivity contribution in [3.8, 4) is 11.3 Å². The number of fused-ring (bicyclic) bond motifs is 1. The summed E-state index contributed by atoms with van der Waals surface area (Å²) in [7, 11) is 1.88. The van der Waals surface area contributed by atoms with Gasteiger partial charge in [-0.2, -0.15) is 5.10 Å². The fraction of sp³-hybridized carbons (Fsp3) is 0.529. The van der Waals surface area contributed by atoms with Crippen LogP contribution < -0.4 is 16.4 Å². The van der Waals surface area contributed by atoms with Crippen molar-refractivity contribution < 1.29 is 4.79 Å². The van der Waals surface area contributed by atoms with Gasteiger partial charge in [-0.25, -0.2) is 9.97 Å². The van der Waals surface area contributed by atoms with E-state index < -0.39 is 0 Å². The lowest BCUT2D eigenvalue weighted by Gasteiger charge is -2.29. The molecule has 8 nitrogen and oxygen atoms in total. The van der Waals surface area contributed by atoms with Gasteiger partial charge in [-0.15, -0.1) is 0 Å². The lowest BCUT2D eigenvalue weighted by molar-refractivity contribution is 0.0966. The predicted octanol–water partition coefficient (Wildman–Crippen LogP) is 1.11. The zero-order chi connectivity index (χ0) is 17.6. The highest BCUT2D eigenvalue weighted by Gasteiger charge is 2.30. The monoisotopic (exact) mass is 341 g/mol. The minimum Gasteiger partial charge on any atom is -0.350 e. The van der Waals surface area contributed by atoms with Gasteiger partial charge in [0, 0.05) is 30.4 Å². The molecule has 2 aromatic heterocycles. The molecular weight excluding hydrogens is 318 g/mol. The van der Waals surface area contributed by atoms with Crippen LogP contribution in [-0.4, -0.2) is 37.7 Å². The van der Waals surface area contributed by atoms with Gasteiger partial charge in [0.15, 0.2) is 0 Å². The van der Waals surface area contributed by atoms with Crippen LogP contribution in [0.3, 0.4) is 0 Å². The highest BCUT2D eigenvalue weighted by Crippen LogP contribution is 2.30. The summed E-state index contributed by atoms with van der Waals surface area (Å²) in [6, 6.07) is 0.272. The molecule has 2 aliphatic rings. The number of aryl methyl sites for hydroxylation is 1. The maximum absolute atomic E-state index is 12.3. The summed E-state index contributed by atoms with van der Waals surface area (Å²) in [4.78, 5) is 21.5. The summed E-state index contributed by atoms with van der Waals surface area (Å²) >= 11 is 0. The van der Waals surface area contributed by atoms with Crippen LogP contribution in [0, 0.1) is 6.92 Å². The molecule has 0 bridgehead atoms. The molecule has 1 saturated carbocycles. The molecule has 25 heavy (non-hydrogen) atoms. The topological polar surface area (TPSA) is 111 Å². The van der Waals surface area contributed by atoms with E-state index >= 15 is 0 Å². The fourth-order valence-electron chi connectivity index (χ4n) is 3.62. The van der Waals surface area contributed by atoms with Gasteiger partial charge < -0.3 is 16.4 Å². The number of nitrogens with two attached hydrogens (primary N) is 1. The molecule has 8 heteroatoms. The van der Waals surface area contributed by atoms with Crippen LogP contribution in [0.2, 0.25) is 0 Å². The molecule has 1 aliphatic carbocycles. The Morgan fingerprint density at radius 3 is 2.84 bits per heavy atom. The third kappa shape index (κ3) is 2.76. The molecule has 132 valence electrons. The van der Waals surface area contributed by atoms with Crippen LogP contribution in [0.15, 0.2) is 6.20 Å². The molecule has 0 radical (unpaired) electrons. The summed E-state index contributed by atoms with van der Waals surface area (Å²) in [6.45, 7) is 2.39. The molecule has 4 N–H and O–H groups in total. The number of nitrogens with zero attached hydrogens (tertiary/aromatic N) is 4. The average Bonchev–Trinajstić information content (AvgIpc) is 3.13. The highest BCUT2D eigenvalue weighted by molar-refractivity contribution is 6.03. The molecule has 2 atom stereocenters. The van der Waals surface area contributed by atoms with Crippen LogP contribution in [0.1, 0.15) is 47.4 Å². The standard InChI is InChI=1S/C17H23N7O/c1-9-10(7-20-24(9)2)15-14-13(8-19-16(14)25)22-17(23-15)21-12-6-4-3-5-11(12)18/h7,11-12H,3-6,8,18H2,1-2H3,(H,19,25)(H,21,22,23)/t11-,12+/m0/s1. The summed E-state index contributed by atoms with van der Waals surface area (Å²) < 4.78 is 1.78. The van der Waals surface area contributed by atoms with Gasteiger partial charge in [0.2, 0.25) is 5.95 Å². The SMILES string of the molecule is Cc1c(-c2nc(N[C@@H]3CCCC[C@@H]3N)nc3c2C(=O)NC3)cnn1C. The van der Waals surface area contributed by atoms with Crippen LogP contribution in [0.4, 0.5) is 5.95 Å². The second kappa shape index (κ2) is 6.11. The Kier molecular flexibility index (Phi) is 3.91. The molecule has 0 saturated heterocycles. The van der Waals surface area contributed by atoms with Crippen molar-refractivity contribution in [2.24, 2.45) is 12.8 Å². The molecular formula is C17H23N7O. The van der Waals surface area contributed by atoms with Crippen molar-refractivity contribution in [3.63, 3.8) is 0 Å². The lowest BCUT2D eigenvalue weighted by atomic mass is 9.91. The molecule has 4 rings (SSSR count). The summed E-state index contributed by atoms with van der Waals surface area (Å²) in [5.41, 5.74) is 9.97. The van der Waals surface area contributed by atoms with E-state index in [0.717, 1.165) is 36.2 Å². The Labute approximate surface area is 146 Å². The molecule has 3 heterocycles. The second-order valence-corrected chi connectivity index (χ2v) is 6.87. The quantitative estimate of drug-likeness (QED) is 0.771. The van der Waals surface area contributed by atoms with Crippen LogP contribution >= 0.6 is 0 Å². The number of hydrogen-bond acceptors (Lipinski definition) is 6. The average molecular weight is 341 g/mol. The number of carbonyl (C=O) groups excluding carboxylic acids is 1. The maximum atomic E-state index is 12.3. The zero-order valence-corrected chi connectivity index (χ0v) is 14.5. The molecule has 0 unspecified atom stereocenters.